The minimum Gasteiger partial charge on any atom is -0.347 e. The average molecular weight is 387 g/mol. The fourth-order valence-electron chi connectivity index (χ4n) is 4.07. The molecule has 0 aromatic heterocycles. The summed E-state index contributed by atoms with van der Waals surface area (Å²) in [6, 6.07) is 18.4. The lowest BCUT2D eigenvalue weighted by molar-refractivity contribution is -0.129. The monoisotopic (exact) mass is 387 g/mol. The first-order valence-electron chi connectivity index (χ1n) is 10.2. The summed E-state index contributed by atoms with van der Waals surface area (Å²) in [4.78, 5) is 24.3. The zero-order valence-electron chi connectivity index (χ0n) is 16.4. The van der Waals surface area contributed by atoms with Crippen LogP contribution in [0.2, 0.25) is 0 Å². The third-order valence-corrected chi connectivity index (χ3v) is 5.59. The van der Waals surface area contributed by atoms with Crippen LogP contribution in [0.4, 0.5) is 0 Å². The van der Waals surface area contributed by atoms with Crippen molar-refractivity contribution in [3.8, 4) is 0 Å². The van der Waals surface area contributed by atoms with Crippen LogP contribution >= 0.6 is 0 Å². The average Bonchev–Trinajstić information content (AvgIpc) is 2.77. The molecule has 0 bridgehead atoms. The van der Waals surface area contributed by atoms with Gasteiger partial charge >= 0.3 is 0 Å². The number of rotatable bonds is 5. The normalized spacial score (nSPS) is 15.0. The molecule has 2 amide bonds. The topological polar surface area (TPSA) is 70.6 Å². The van der Waals surface area contributed by atoms with Crippen molar-refractivity contribution in [1.29, 1.82) is 0 Å². The Balaban J connectivity index is 1.44. The van der Waals surface area contributed by atoms with Gasteiger partial charge in [-0.15, -0.1) is 0 Å². The standard InChI is InChI=1S/C24H25N3O2/c28-23(16-25-24(29)17-8-2-1-3-9-17)27-26-15-22-20-12-6-4-10-18(20)14-19-11-5-7-13-21(19)22/h4-7,10-15,17H,1-3,8-9,16H2,(H,25,29)(H,27,28)/b26-15+. The van der Waals surface area contributed by atoms with Gasteiger partial charge in [-0.3, -0.25) is 9.59 Å². The molecule has 0 atom stereocenters. The maximum Gasteiger partial charge on any atom is 0.259 e. The summed E-state index contributed by atoms with van der Waals surface area (Å²) in [6.07, 6.45) is 6.90. The molecule has 0 heterocycles. The van der Waals surface area contributed by atoms with Gasteiger partial charge in [-0.2, -0.15) is 5.10 Å². The van der Waals surface area contributed by atoms with Gasteiger partial charge in [0.1, 0.15) is 0 Å². The zero-order chi connectivity index (χ0) is 20.1. The summed E-state index contributed by atoms with van der Waals surface area (Å²) in [5, 5.41) is 11.3. The Morgan fingerprint density at radius 2 is 1.55 bits per heavy atom. The summed E-state index contributed by atoms with van der Waals surface area (Å²) in [7, 11) is 0. The van der Waals surface area contributed by atoms with Gasteiger partial charge in [0, 0.05) is 11.5 Å². The summed E-state index contributed by atoms with van der Waals surface area (Å²) < 4.78 is 0. The summed E-state index contributed by atoms with van der Waals surface area (Å²) in [6.45, 7) is -0.0526. The molecule has 5 nitrogen and oxygen atoms in total. The van der Waals surface area contributed by atoms with Crippen LogP contribution in [0, 0.1) is 5.92 Å². The Bertz CT molecular complexity index is 1010. The fourth-order valence-corrected chi connectivity index (χ4v) is 4.07. The van der Waals surface area contributed by atoms with Crippen molar-refractivity contribution in [2.45, 2.75) is 32.1 Å². The minimum atomic E-state index is -0.324. The highest BCUT2D eigenvalue weighted by Crippen LogP contribution is 2.27. The molecule has 0 aliphatic heterocycles. The van der Waals surface area contributed by atoms with Gasteiger partial charge in [-0.05, 0) is 40.5 Å². The van der Waals surface area contributed by atoms with Gasteiger partial charge in [-0.1, -0.05) is 67.8 Å². The third kappa shape index (κ3) is 4.45. The Kier molecular flexibility index (Phi) is 5.84. The molecular formula is C24H25N3O2. The lowest BCUT2D eigenvalue weighted by Gasteiger charge is -2.20. The number of fused-ring (bicyclic) bond motifs is 2. The molecule has 148 valence electrons. The van der Waals surface area contributed by atoms with Gasteiger partial charge in [0.05, 0.1) is 12.8 Å². The number of hydrogen-bond acceptors (Lipinski definition) is 3. The van der Waals surface area contributed by atoms with E-state index in [1.807, 2.05) is 24.3 Å². The Labute approximate surface area is 170 Å². The predicted octanol–water partition coefficient (Wildman–Crippen LogP) is 4.14. The van der Waals surface area contributed by atoms with Crippen LogP contribution in [0.3, 0.4) is 0 Å². The van der Waals surface area contributed by atoms with E-state index in [9.17, 15) is 9.59 Å². The lowest BCUT2D eigenvalue weighted by atomic mass is 9.89. The van der Waals surface area contributed by atoms with Crippen LogP contribution in [-0.4, -0.2) is 24.6 Å². The number of nitrogens with one attached hydrogen (secondary N) is 2. The maximum absolute atomic E-state index is 12.2. The molecule has 29 heavy (non-hydrogen) atoms. The van der Waals surface area contributed by atoms with E-state index < -0.39 is 0 Å². The van der Waals surface area contributed by atoms with Crippen LogP contribution in [0.15, 0.2) is 59.7 Å². The van der Waals surface area contributed by atoms with Crippen molar-refractivity contribution in [2.24, 2.45) is 11.0 Å². The van der Waals surface area contributed by atoms with Gasteiger partial charge in [-0.25, -0.2) is 5.43 Å². The molecule has 1 aliphatic rings. The third-order valence-electron chi connectivity index (χ3n) is 5.59. The molecule has 0 spiro atoms. The zero-order valence-corrected chi connectivity index (χ0v) is 16.4. The first-order valence-corrected chi connectivity index (χ1v) is 10.2. The highest BCUT2D eigenvalue weighted by Gasteiger charge is 2.21. The highest BCUT2D eigenvalue weighted by atomic mass is 16.2. The first-order chi connectivity index (χ1) is 14.2. The van der Waals surface area contributed by atoms with E-state index in [-0.39, 0.29) is 24.3 Å². The van der Waals surface area contributed by atoms with Crippen molar-refractivity contribution in [3.05, 3.63) is 60.2 Å². The van der Waals surface area contributed by atoms with E-state index in [0.29, 0.717) is 0 Å². The Morgan fingerprint density at radius 3 is 2.21 bits per heavy atom. The van der Waals surface area contributed by atoms with Gasteiger partial charge in [0.25, 0.3) is 5.91 Å². The number of hydrogen-bond donors (Lipinski definition) is 2. The van der Waals surface area contributed by atoms with E-state index in [1.165, 1.54) is 6.42 Å². The van der Waals surface area contributed by atoms with Gasteiger partial charge in [0.2, 0.25) is 5.91 Å². The minimum absolute atomic E-state index is 0.0242. The maximum atomic E-state index is 12.2. The molecule has 0 unspecified atom stereocenters. The first kappa shape index (κ1) is 19.1. The van der Waals surface area contributed by atoms with Gasteiger partial charge < -0.3 is 5.32 Å². The van der Waals surface area contributed by atoms with Crippen LogP contribution in [0.1, 0.15) is 37.7 Å². The second kappa shape index (κ2) is 8.86. The molecule has 1 aliphatic carbocycles. The molecule has 5 heteroatoms. The number of benzene rings is 3. The number of hydrazone groups is 1. The second-order valence-electron chi connectivity index (χ2n) is 7.58. The number of nitrogens with zero attached hydrogens (tertiary/aromatic N) is 1. The molecule has 3 aromatic rings. The van der Waals surface area contributed by atoms with E-state index in [4.69, 9.17) is 0 Å². The quantitative estimate of drug-likeness (QED) is 0.392. The predicted molar refractivity (Wildman–Crippen MR) is 117 cm³/mol. The molecule has 1 fully saturated rings. The molecule has 1 saturated carbocycles. The smallest absolute Gasteiger partial charge is 0.259 e. The number of amides is 2. The van der Waals surface area contributed by atoms with E-state index in [2.05, 4.69) is 46.2 Å². The van der Waals surface area contributed by atoms with E-state index in [0.717, 1.165) is 52.8 Å². The molecular weight excluding hydrogens is 362 g/mol. The summed E-state index contributed by atoms with van der Waals surface area (Å²) in [5.41, 5.74) is 3.50. The van der Waals surface area contributed by atoms with Crippen LogP contribution in [-0.2, 0) is 9.59 Å². The Hall–Kier alpha value is -3.21. The van der Waals surface area contributed by atoms with E-state index >= 15 is 0 Å². The van der Waals surface area contributed by atoms with Crippen LogP contribution in [0.5, 0.6) is 0 Å². The van der Waals surface area contributed by atoms with Gasteiger partial charge in [0.15, 0.2) is 0 Å². The molecule has 4 rings (SSSR count). The summed E-state index contributed by atoms with van der Waals surface area (Å²) in [5.74, 6) is -0.305. The molecule has 0 radical (unpaired) electrons. The lowest BCUT2D eigenvalue weighted by Crippen LogP contribution is -2.38. The molecule has 3 aromatic carbocycles. The SMILES string of the molecule is O=C(CNC(=O)C1CCCCC1)N/N=C/c1c2ccccc2cc2ccccc12. The van der Waals surface area contributed by atoms with E-state index in [1.54, 1.807) is 6.21 Å². The molecule has 2 N–H and O–H groups in total. The van der Waals surface area contributed by atoms with Crippen LogP contribution < -0.4 is 10.7 Å². The van der Waals surface area contributed by atoms with Crippen molar-refractivity contribution >= 4 is 39.6 Å². The van der Waals surface area contributed by atoms with Crippen LogP contribution in [0.25, 0.3) is 21.5 Å². The number of carbonyl (C=O) groups excluding carboxylic acids is 2. The second-order valence-corrected chi connectivity index (χ2v) is 7.58. The molecule has 0 saturated heterocycles. The summed E-state index contributed by atoms with van der Waals surface area (Å²) >= 11 is 0. The van der Waals surface area contributed by atoms with Crippen molar-refractivity contribution in [1.82, 2.24) is 10.7 Å². The van der Waals surface area contributed by atoms with Crippen molar-refractivity contribution < 1.29 is 9.59 Å². The number of carbonyl (C=O) groups is 2. The Morgan fingerprint density at radius 1 is 0.931 bits per heavy atom. The largest absolute Gasteiger partial charge is 0.347 e. The van der Waals surface area contributed by atoms with Crippen molar-refractivity contribution in [2.75, 3.05) is 6.54 Å². The van der Waals surface area contributed by atoms with Crippen molar-refractivity contribution in [3.63, 3.8) is 0 Å². The fraction of sp³-hybridized carbons (Fsp3) is 0.292. The highest BCUT2D eigenvalue weighted by molar-refractivity contribution is 6.13.